The van der Waals surface area contributed by atoms with Crippen LogP contribution in [-0.2, 0) is 16.2 Å². The van der Waals surface area contributed by atoms with Crippen LogP contribution in [0.5, 0.6) is 11.5 Å². The lowest BCUT2D eigenvalue weighted by Gasteiger charge is -2.26. The molecule has 7 nitrogen and oxygen atoms in total. The van der Waals surface area contributed by atoms with Crippen LogP contribution in [0.4, 0.5) is 10.5 Å². The van der Waals surface area contributed by atoms with Crippen molar-refractivity contribution < 1.29 is 23.9 Å². The molecule has 1 saturated heterocycles. The van der Waals surface area contributed by atoms with Crippen molar-refractivity contribution in [2.75, 3.05) is 11.5 Å². The van der Waals surface area contributed by atoms with Gasteiger partial charge in [-0.2, -0.15) is 0 Å². The molecule has 7 heteroatoms. The number of anilines is 1. The standard InChI is InChI=1S/C31H26N2O5/c1-3-37-28-18-21(17-25-29(34)32-31(36)33(30(25)35)23-10-5-4-6-11-23)14-16-27(28)38-19-26-20(2)13-15-22-9-7-8-12-24(22)26/h4-18H,3,19H2,1-2H3,(H,32,34,36)/b25-17+. The van der Waals surface area contributed by atoms with Crippen molar-refractivity contribution in [3.8, 4) is 11.5 Å². The second-order valence-electron chi connectivity index (χ2n) is 8.80. The first-order valence-electron chi connectivity index (χ1n) is 12.3. The molecular formula is C31H26N2O5. The number of aryl methyl sites for hydroxylation is 1. The van der Waals surface area contributed by atoms with Crippen molar-refractivity contribution >= 4 is 40.4 Å². The van der Waals surface area contributed by atoms with E-state index in [0.29, 0.717) is 36.0 Å². The molecule has 0 atom stereocenters. The van der Waals surface area contributed by atoms with Crippen molar-refractivity contribution in [3.63, 3.8) is 0 Å². The Morgan fingerprint density at radius 3 is 2.39 bits per heavy atom. The molecule has 0 aliphatic carbocycles. The number of urea groups is 1. The molecule has 1 N–H and O–H groups in total. The Morgan fingerprint density at radius 1 is 0.842 bits per heavy atom. The minimum Gasteiger partial charge on any atom is -0.490 e. The lowest BCUT2D eigenvalue weighted by atomic mass is 10.0. The van der Waals surface area contributed by atoms with Crippen LogP contribution in [-0.4, -0.2) is 24.5 Å². The summed E-state index contributed by atoms with van der Waals surface area (Å²) in [5.41, 5.74) is 2.99. The molecule has 0 saturated carbocycles. The molecule has 1 fully saturated rings. The molecule has 0 radical (unpaired) electrons. The number of fused-ring (bicyclic) bond motifs is 1. The summed E-state index contributed by atoms with van der Waals surface area (Å²) in [7, 11) is 0. The first kappa shape index (κ1) is 24.8. The monoisotopic (exact) mass is 506 g/mol. The second kappa shape index (κ2) is 10.6. The fourth-order valence-corrected chi connectivity index (χ4v) is 4.42. The molecule has 4 amide bonds. The van der Waals surface area contributed by atoms with E-state index in [2.05, 4.69) is 36.5 Å². The van der Waals surface area contributed by atoms with Gasteiger partial charge in [-0.1, -0.05) is 60.7 Å². The fourth-order valence-electron chi connectivity index (χ4n) is 4.42. The van der Waals surface area contributed by atoms with E-state index in [9.17, 15) is 14.4 Å². The van der Waals surface area contributed by atoms with Crippen LogP contribution < -0.4 is 19.7 Å². The SMILES string of the molecule is CCOc1cc(/C=C2\C(=O)NC(=O)N(c3ccccc3)C2=O)ccc1OCc1c(C)ccc2ccccc12. The number of amides is 4. The van der Waals surface area contributed by atoms with Crippen LogP contribution in [0.15, 0.2) is 90.5 Å². The topological polar surface area (TPSA) is 84.9 Å². The van der Waals surface area contributed by atoms with Crippen molar-refractivity contribution in [2.45, 2.75) is 20.5 Å². The maximum absolute atomic E-state index is 13.1. The Kier molecular flexibility index (Phi) is 6.91. The molecule has 1 heterocycles. The van der Waals surface area contributed by atoms with Gasteiger partial charge in [-0.3, -0.25) is 14.9 Å². The molecule has 0 aromatic heterocycles. The van der Waals surface area contributed by atoms with E-state index in [1.54, 1.807) is 48.5 Å². The van der Waals surface area contributed by atoms with Gasteiger partial charge in [0, 0.05) is 5.56 Å². The summed E-state index contributed by atoms with van der Waals surface area (Å²) in [4.78, 5) is 39.1. The number of benzene rings is 4. The van der Waals surface area contributed by atoms with Crippen molar-refractivity contribution in [3.05, 3.63) is 107 Å². The lowest BCUT2D eigenvalue weighted by Crippen LogP contribution is -2.54. The molecule has 4 aromatic rings. The number of para-hydroxylation sites is 1. The van der Waals surface area contributed by atoms with E-state index in [1.807, 2.05) is 19.1 Å². The third-order valence-electron chi connectivity index (χ3n) is 6.34. The minimum atomic E-state index is -0.786. The van der Waals surface area contributed by atoms with Crippen LogP contribution in [0.2, 0.25) is 0 Å². The first-order valence-corrected chi connectivity index (χ1v) is 12.3. The summed E-state index contributed by atoms with van der Waals surface area (Å²) in [6, 6.07) is 25.2. The van der Waals surface area contributed by atoms with Gasteiger partial charge in [0.05, 0.1) is 12.3 Å². The average Bonchev–Trinajstić information content (AvgIpc) is 2.92. The number of hydrogen-bond acceptors (Lipinski definition) is 5. The van der Waals surface area contributed by atoms with E-state index in [-0.39, 0.29) is 5.57 Å². The van der Waals surface area contributed by atoms with Gasteiger partial charge in [-0.05, 0) is 66.1 Å². The number of nitrogens with one attached hydrogen (secondary N) is 1. The summed E-state index contributed by atoms with van der Waals surface area (Å²) in [6.45, 7) is 4.67. The largest absolute Gasteiger partial charge is 0.490 e. The summed E-state index contributed by atoms with van der Waals surface area (Å²) >= 11 is 0. The molecular weight excluding hydrogens is 480 g/mol. The normalized spacial score (nSPS) is 14.6. The third-order valence-corrected chi connectivity index (χ3v) is 6.34. The van der Waals surface area contributed by atoms with Gasteiger partial charge in [0.1, 0.15) is 12.2 Å². The highest BCUT2D eigenvalue weighted by molar-refractivity contribution is 6.39. The maximum atomic E-state index is 13.1. The van der Waals surface area contributed by atoms with Gasteiger partial charge in [-0.15, -0.1) is 0 Å². The summed E-state index contributed by atoms with van der Waals surface area (Å²) in [5.74, 6) is -0.423. The van der Waals surface area contributed by atoms with Crippen LogP contribution >= 0.6 is 0 Å². The lowest BCUT2D eigenvalue weighted by molar-refractivity contribution is -0.122. The number of barbiturate groups is 1. The quantitative estimate of drug-likeness (QED) is 0.253. The van der Waals surface area contributed by atoms with Crippen LogP contribution in [0.25, 0.3) is 16.8 Å². The van der Waals surface area contributed by atoms with Crippen LogP contribution in [0.3, 0.4) is 0 Å². The van der Waals surface area contributed by atoms with E-state index in [4.69, 9.17) is 9.47 Å². The Hall–Kier alpha value is -4.91. The number of hydrogen-bond donors (Lipinski definition) is 1. The van der Waals surface area contributed by atoms with Gasteiger partial charge < -0.3 is 9.47 Å². The number of nitrogens with zero attached hydrogens (tertiary/aromatic N) is 1. The molecule has 0 bridgehead atoms. The summed E-state index contributed by atoms with van der Waals surface area (Å²) < 4.78 is 12.0. The number of ether oxygens (including phenoxy) is 2. The Bertz CT molecular complexity index is 1580. The predicted molar refractivity (Wildman–Crippen MR) is 146 cm³/mol. The molecule has 1 aliphatic rings. The number of rotatable bonds is 7. The van der Waals surface area contributed by atoms with E-state index >= 15 is 0 Å². The smallest absolute Gasteiger partial charge is 0.335 e. The third kappa shape index (κ3) is 4.86. The molecule has 0 unspecified atom stereocenters. The molecule has 1 aliphatic heterocycles. The summed E-state index contributed by atoms with van der Waals surface area (Å²) in [5, 5.41) is 4.51. The van der Waals surface area contributed by atoms with E-state index in [0.717, 1.165) is 26.8 Å². The zero-order valence-corrected chi connectivity index (χ0v) is 21.1. The van der Waals surface area contributed by atoms with Crippen LogP contribution in [0, 0.1) is 6.92 Å². The second-order valence-corrected chi connectivity index (χ2v) is 8.80. The van der Waals surface area contributed by atoms with E-state index < -0.39 is 17.8 Å². The molecule has 5 rings (SSSR count). The number of carbonyl (C=O) groups excluding carboxylic acids is 3. The average molecular weight is 507 g/mol. The highest BCUT2D eigenvalue weighted by Gasteiger charge is 2.36. The highest BCUT2D eigenvalue weighted by atomic mass is 16.5. The maximum Gasteiger partial charge on any atom is 0.335 e. The first-order chi connectivity index (χ1) is 18.5. The highest BCUT2D eigenvalue weighted by Crippen LogP contribution is 2.32. The zero-order valence-electron chi connectivity index (χ0n) is 21.1. The van der Waals surface area contributed by atoms with E-state index in [1.165, 1.54) is 6.08 Å². The zero-order chi connectivity index (χ0) is 26.6. The number of imide groups is 2. The van der Waals surface area contributed by atoms with Crippen molar-refractivity contribution in [1.82, 2.24) is 5.32 Å². The van der Waals surface area contributed by atoms with Gasteiger partial charge >= 0.3 is 6.03 Å². The van der Waals surface area contributed by atoms with Crippen molar-refractivity contribution in [2.24, 2.45) is 0 Å². The molecule has 0 spiro atoms. The van der Waals surface area contributed by atoms with Crippen molar-refractivity contribution in [1.29, 1.82) is 0 Å². The summed E-state index contributed by atoms with van der Waals surface area (Å²) in [6.07, 6.45) is 1.45. The Labute approximate surface area is 220 Å². The van der Waals surface area contributed by atoms with Gasteiger partial charge in [-0.25, -0.2) is 9.69 Å². The number of carbonyl (C=O) groups is 3. The van der Waals surface area contributed by atoms with Gasteiger partial charge in [0.25, 0.3) is 11.8 Å². The molecule has 4 aromatic carbocycles. The Balaban J connectivity index is 1.43. The molecule has 190 valence electrons. The fraction of sp³-hybridized carbons (Fsp3) is 0.129. The van der Waals surface area contributed by atoms with Gasteiger partial charge in [0.2, 0.25) is 0 Å². The predicted octanol–water partition coefficient (Wildman–Crippen LogP) is 5.79. The van der Waals surface area contributed by atoms with Gasteiger partial charge in [0.15, 0.2) is 11.5 Å². The Morgan fingerprint density at radius 2 is 1.61 bits per heavy atom. The minimum absolute atomic E-state index is 0.157. The molecule has 38 heavy (non-hydrogen) atoms. The van der Waals surface area contributed by atoms with Crippen LogP contribution in [0.1, 0.15) is 23.6 Å².